The number of para-hydroxylation sites is 1. The number of ether oxygens (including phenoxy) is 1. The fourth-order valence-corrected chi connectivity index (χ4v) is 3.56. The molecule has 116 valence electrons. The van der Waals surface area contributed by atoms with Crippen molar-refractivity contribution < 1.29 is 17.9 Å². The monoisotopic (exact) mass is 306 g/mol. The van der Waals surface area contributed by atoms with Gasteiger partial charge in [-0.1, -0.05) is 42.5 Å². The van der Waals surface area contributed by atoms with Crippen molar-refractivity contribution in [1.29, 1.82) is 0 Å². The average Bonchev–Trinajstić information content (AvgIpc) is 2.53. The Kier molecular flexibility index (Phi) is 3.63. The maximum atomic E-state index is 14.2. The van der Waals surface area contributed by atoms with Crippen molar-refractivity contribution in [1.82, 2.24) is 0 Å². The van der Waals surface area contributed by atoms with Crippen LogP contribution < -0.4 is 4.74 Å². The number of hydrogen-bond donors (Lipinski definition) is 0. The molecule has 0 saturated carbocycles. The quantitative estimate of drug-likeness (QED) is 0.768. The number of halogens is 3. The van der Waals surface area contributed by atoms with Crippen LogP contribution >= 0.6 is 0 Å². The highest BCUT2D eigenvalue weighted by atomic mass is 19.4. The number of benzene rings is 2. The van der Waals surface area contributed by atoms with Crippen LogP contribution in [-0.4, -0.2) is 13.3 Å². The average molecular weight is 306 g/mol. The molecule has 0 radical (unpaired) electrons. The third-order valence-electron chi connectivity index (χ3n) is 4.53. The lowest BCUT2D eigenvalue weighted by atomic mass is 9.65. The number of fused-ring (bicyclic) bond motifs is 1. The maximum absolute atomic E-state index is 14.2. The zero-order valence-electron chi connectivity index (χ0n) is 12.3. The van der Waals surface area contributed by atoms with Crippen LogP contribution in [0.2, 0.25) is 0 Å². The van der Waals surface area contributed by atoms with Crippen molar-refractivity contribution in [3.63, 3.8) is 0 Å². The SMILES string of the molecule is COc1ccccc1C1(C(F)(F)F)CCCc2ccccc21. The Morgan fingerprint density at radius 2 is 1.59 bits per heavy atom. The standard InChI is InChI=1S/C18H17F3O/c1-22-16-11-5-4-10-15(16)17(18(19,20)21)12-6-8-13-7-2-3-9-14(13)17/h2-5,7,9-11H,6,8,12H2,1H3. The summed E-state index contributed by atoms with van der Waals surface area (Å²) in [6.07, 6.45) is -3.14. The number of rotatable bonds is 2. The van der Waals surface area contributed by atoms with Gasteiger partial charge in [-0.25, -0.2) is 0 Å². The number of aryl methyl sites for hydroxylation is 1. The first-order valence-electron chi connectivity index (χ1n) is 7.29. The highest BCUT2D eigenvalue weighted by molar-refractivity contribution is 5.52. The van der Waals surface area contributed by atoms with Crippen molar-refractivity contribution in [2.24, 2.45) is 0 Å². The Hall–Kier alpha value is -1.97. The number of methoxy groups -OCH3 is 1. The summed E-state index contributed by atoms with van der Waals surface area (Å²) in [5, 5.41) is 0. The summed E-state index contributed by atoms with van der Waals surface area (Å²) in [6, 6.07) is 13.4. The fraction of sp³-hybridized carbons (Fsp3) is 0.333. The number of alkyl halides is 3. The van der Waals surface area contributed by atoms with E-state index in [1.165, 1.54) is 13.2 Å². The molecule has 1 aliphatic rings. The highest BCUT2D eigenvalue weighted by Crippen LogP contribution is 2.54. The largest absolute Gasteiger partial charge is 0.496 e. The van der Waals surface area contributed by atoms with Crippen molar-refractivity contribution in [3.8, 4) is 5.75 Å². The second kappa shape index (κ2) is 5.34. The predicted octanol–water partition coefficient (Wildman–Crippen LogP) is 4.88. The zero-order chi connectivity index (χ0) is 15.8. The number of hydrogen-bond acceptors (Lipinski definition) is 1. The van der Waals surface area contributed by atoms with E-state index in [2.05, 4.69) is 0 Å². The van der Waals surface area contributed by atoms with Gasteiger partial charge in [-0.2, -0.15) is 13.2 Å². The molecule has 0 saturated heterocycles. The molecule has 0 bridgehead atoms. The van der Waals surface area contributed by atoms with Crippen LogP contribution in [0.25, 0.3) is 0 Å². The maximum Gasteiger partial charge on any atom is 0.402 e. The molecule has 3 rings (SSSR count). The van der Waals surface area contributed by atoms with Gasteiger partial charge in [-0.15, -0.1) is 0 Å². The van der Waals surface area contributed by atoms with Gasteiger partial charge in [0.1, 0.15) is 11.2 Å². The van der Waals surface area contributed by atoms with Crippen LogP contribution in [0.4, 0.5) is 13.2 Å². The Labute approximate surface area is 127 Å². The minimum Gasteiger partial charge on any atom is -0.496 e. The van der Waals surface area contributed by atoms with Gasteiger partial charge in [-0.3, -0.25) is 0 Å². The Balaban J connectivity index is 2.34. The van der Waals surface area contributed by atoms with E-state index in [1.54, 1.807) is 42.5 Å². The van der Waals surface area contributed by atoms with Crippen molar-refractivity contribution in [2.75, 3.05) is 7.11 Å². The summed E-state index contributed by atoms with van der Waals surface area (Å²) in [4.78, 5) is 0. The zero-order valence-corrected chi connectivity index (χ0v) is 12.3. The Morgan fingerprint density at radius 3 is 2.27 bits per heavy atom. The Morgan fingerprint density at radius 1 is 0.955 bits per heavy atom. The van der Waals surface area contributed by atoms with E-state index in [1.807, 2.05) is 0 Å². The van der Waals surface area contributed by atoms with E-state index in [4.69, 9.17) is 4.74 Å². The van der Waals surface area contributed by atoms with Crippen LogP contribution in [0.3, 0.4) is 0 Å². The van der Waals surface area contributed by atoms with Crippen LogP contribution in [-0.2, 0) is 11.8 Å². The highest BCUT2D eigenvalue weighted by Gasteiger charge is 2.59. The second-order valence-corrected chi connectivity index (χ2v) is 5.61. The topological polar surface area (TPSA) is 9.23 Å². The molecule has 4 heteroatoms. The molecule has 1 unspecified atom stereocenters. The lowest BCUT2D eigenvalue weighted by Crippen LogP contribution is -2.46. The first kappa shape index (κ1) is 14.9. The van der Waals surface area contributed by atoms with Gasteiger partial charge in [0.25, 0.3) is 0 Å². The predicted molar refractivity (Wildman–Crippen MR) is 79.2 cm³/mol. The van der Waals surface area contributed by atoms with E-state index in [0.29, 0.717) is 18.4 Å². The van der Waals surface area contributed by atoms with Crippen LogP contribution in [0.5, 0.6) is 5.75 Å². The van der Waals surface area contributed by atoms with E-state index in [0.717, 1.165) is 5.56 Å². The van der Waals surface area contributed by atoms with E-state index in [-0.39, 0.29) is 17.7 Å². The third kappa shape index (κ3) is 2.09. The molecule has 1 atom stereocenters. The minimum atomic E-state index is -4.38. The smallest absolute Gasteiger partial charge is 0.402 e. The van der Waals surface area contributed by atoms with Gasteiger partial charge in [0.2, 0.25) is 0 Å². The van der Waals surface area contributed by atoms with Gasteiger partial charge in [0, 0.05) is 5.56 Å². The van der Waals surface area contributed by atoms with Gasteiger partial charge in [0.15, 0.2) is 0 Å². The summed E-state index contributed by atoms with van der Waals surface area (Å²) < 4.78 is 47.9. The van der Waals surface area contributed by atoms with E-state index >= 15 is 0 Å². The van der Waals surface area contributed by atoms with Crippen LogP contribution in [0, 0.1) is 0 Å². The summed E-state index contributed by atoms with van der Waals surface area (Å²) in [5.74, 6) is 0.288. The van der Waals surface area contributed by atoms with Crippen molar-refractivity contribution >= 4 is 0 Å². The lowest BCUT2D eigenvalue weighted by Gasteiger charge is -2.41. The van der Waals surface area contributed by atoms with Gasteiger partial charge >= 0.3 is 6.18 Å². The van der Waals surface area contributed by atoms with E-state index in [9.17, 15) is 13.2 Å². The fourth-order valence-electron chi connectivity index (χ4n) is 3.56. The van der Waals surface area contributed by atoms with Crippen LogP contribution in [0.15, 0.2) is 48.5 Å². The molecule has 0 N–H and O–H groups in total. The molecule has 0 amide bonds. The summed E-state index contributed by atoms with van der Waals surface area (Å²) in [5.41, 5.74) is -0.651. The van der Waals surface area contributed by atoms with Crippen molar-refractivity contribution in [2.45, 2.75) is 30.9 Å². The summed E-state index contributed by atoms with van der Waals surface area (Å²) in [7, 11) is 1.41. The summed E-state index contributed by atoms with van der Waals surface area (Å²) >= 11 is 0. The molecule has 22 heavy (non-hydrogen) atoms. The minimum absolute atomic E-state index is 0.0495. The molecule has 0 aromatic heterocycles. The van der Waals surface area contributed by atoms with Gasteiger partial charge in [0.05, 0.1) is 7.11 Å². The molecule has 2 aromatic rings. The van der Waals surface area contributed by atoms with Crippen LogP contribution in [0.1, 0.15) is 29.5 Å². The van der Waals surface area contributed by atoms with E-state index < -0.39 is 11.6 Å². The Bertz CT molecular complexity index is 678. The first-order chi connectivity index (χ1) is 10.5. The normalized spacial score (nSPS) is 21.3. The molecule has 0 aliphatic heterocycles. The molecular weight excluding hydrogens is 289 g/mol. The molecule has 1 nitrogen and oxygen atoms in total. The molecule has 0 heterocycles. The molecule has 0 spiro atoms. The second-order valence-electron chi connectivity index (χ2n) is 5.61. The molecule has 2 aromatic carbocycles. The van der Waals surface area contributed by atoms with Gasteiger partial charge in [-0.05, 0) is 36.5 Å². The third-order valence-corrected chi connectivity index (χ3v) is 4.53. The molecule has 0 fully saturated rings. The first-order valence-corrected chi connectivity index (χ1v) is 7.29. The molecular formula is C18H17F3O. The molecule has 1 aliphatic carbocycles. The summed E-state index contributed by atoms with van der Waals surface area (Å²) in [6.45, 7) is 0. The van der Waals surface area contributed by atoms with Gasteiger partial charge < -0.3 is 4.74 Å². The van der Waals surface area contributed by atoms with Crippen molar-refractivity contribution in [3.05, 3.63) is 65.2 Å². The lowest BCUT2D eigenvalue weighted by molar-refractivity contribution is -0.182.